The Morgan fingerprint density at radius 2 is 1.93 bits per heavy atom. The Morgan fingerprint density at radius 1 is 1.22 bits per heavy atom. The highest BCUT2D eigenvalue weighted by Gasteiger charge is 2.35. The van der Waals surface area contributed by atoms with Crippen LogP contribution in [0.1, 0.15) is 17.0 Å². The summed E-state index contributed by atoms with van der Waals surface area (Å²) in [7, 11) is 0. The fourth-order valence-corrected chi connectivity index (χ4v) is 2.51. The number of nitrogens with one attached hydrogen (secondary N) is 1. The van der Waals surface area contributed by atoms with Gasteiger partial charge in [0.1, 0.15) is 11.4 Å². The standard InChI is InChI=1S/C17H11ClF4N4O/c18-11-7-13(17(20,21)22)16-25-24-14(26(16)9-11)8-23-15(27)6-3-10-1-4-12(19)5-2-10/h1-7,9H,8H2,(H,23,27)/b6-3+. The molecular weight excluding hydrogens is 388 g/mol. The Morgan fingerprint density at radius 3 is 2.59 bits per heavy atom. The molecule has 140 valence electrons. The summed E-state index contributed by atoms with van der Waals surface area (Å²) in [6.45, 7) is -0.161. The first-order valence-corrected chi connectivity index (χ1v) is 7.93. The third-order valence-corrected chi connectivity index (χ3v) is 3.77. The number of rotatable bonds is 4. The van der Waals surface area contributed by atoms with Crippen molar-refractivity contribution in [2.75, 3.05) is 0 Å². The van der Waals surface area contributed by atoms with Crippen LogP contribution in [0, 0.1) is 5.82 Å². The molecular formula is C17H11ClF4N4O. The van der Waals surface area contributed by atoms with E-state index in [4.69, 9.17) is 11.6 Å². The molecule has 3 rings (SSSR count). The number of amides is 1. The Labute approximate surface area is 155 Å². The number of halogens is 5. The van der Waals surface area contributed by atoms with Gasteiger partial charge in [-0.2, -0.15) is 13.2 Å². The molecule has 10 heteroatoms. The maximum Gasteiger partial charge on any atom is 0.420 e. The third-order valence-electron chi connectivity index (χ3n) is 3.57. The van der Waals surface area contributed by atoms with E-state index in [1.165, 1.54) is 42.6 Å². The first-order chi connectivity index (χ1) is 12.7. The molecule has 2 heterocycles. The van der Waals surface area contributed by atoms with Gasteiger partial charge in [0.25, 0.3) is 0 Å². The summed E-state index contributed by atoms with van der Waals surface area (Å²) in [5.41, 5.74) is -0.810. The second-order valence-corrected chi connectivity index (χ2v) is 5.92. The monoisotopic (exact) mass is 398 g/mol. The van der Waals surface area contributed by atoms with Gasteiger partial charge in [0.05, 0.1) is 11.6 Å². The van der Waals surface area contributed by atoms with Crippen LogP contribution in [0.4, 0.5) is 17.6 Å². The minimum absolute atomic E-state index is 0.0848. The van der Waals surface area contributed by atoms with Gasteiger partial charge in [-0.15, -0.1) is 10.2 Å². The number of hydrogen-bond acceptors (Lipinski definition) is 3. The summed E-state index contributed by atoms with van der Waals surface area (Å²) in [5.74, 6) is -0.817. The molecule has 0 bridgehead atoms. The van der Waals surface area contributed by atoms with Gasteiger partial charge in [-0.1, -0.05) is 23.7 Å². The lowest BCUT2D eigenvalue weighted by molar-refractivity contribution is -0.136. The Hall–Kier alpha value is -2.94. The quantitative estimate of drug-likeness (QED) is 0.536. The normalized spacial score (nSPS) is 12.0. The molecule has 2 aromatic heterocycles. The van der Waals surface area contributed by atoms with E-state index < -0.39 is 29.1 Å². The first-order valence-electron chi connectivity index (χ1n) is 7.56. The predicted octanol–water partition coefficient (Wildman–Crippen LogP) is 3.87. The molecule has 0 aliphatic carbocycles. The van der Waals surface area contributed by atoms with E-state index in [0.29, 0.717) is 5.56 Å². The minimum atomic E-state index is -4.64. The maximum atomic E-state index is 13.1. The van der Waals surface area contributed by atoms with Crippen LogP contribution in [0.2, 0.25) is 5.02 Å². The molecule has 0 unspecified atom stereocenters. The van der Waals surface area contributed by atoms with Crippen molar-refractivity contribution >= 4 is 29.2 Å². The maximum absolute atomic E-state index is 13.1. The second kappa shape index (κ2) is 7.36. The summed E-state index contributed by atoms with van der Waals surface area (Å²) in [4.78, 5) is 11.9. The minimum Gasteiger partial charge on any atom is -0.345 e. The van der Waals surface area contributed by atoms with Crippen molar-refractivity contribution in [3.63, 3.8) is 0 Å². The number of pyridine rings is 1. The van der Waals surface area contributed by atoms with Crippen molar-refractivity contribution in [3.8, 4) is 0 Å². The van der Waals surface area contributed by atoms with E-state index in [2.05, 4.69) is 15.5 Å². The lowest BCUT2D eigenvalue weighted by atomic mass is 10.2. The summed E-state index contributed by atoms with van der Waals surface area (Å²) < 4.78 is 53.1. The van der Waals surface area contributed by atoms with Crippen LogP contribution < -0.4 is 5.32 Å². The van der Waals surface area contributed by atoms with Crippen LogP contribution in [0.3, 0.4) is 0 Å². The molecule has 1 aromatic carbocycles. The second-order valence-electron chi connectivity index (χ2n) is 5.48. The molecule has 1 N–H and O–H groups in total. The van der Waals surface area contributed by atoms with Crippen molar-refractivity contribution < 1.29 is 22.4 Å². The van der Waals surface area contributed by atoms with E-state index in [1.54, 1.807) is 0 Å². The Kier molecular flexibility index (Phi) is 5.13. The third kappa shape index (κ3) is 4.43. The van der Waals surface area contributed by atoms with Crippen LogP contribution in [0.15, 0.2) is 42.6 Å². The molecule has 27 heavy (non-hydrogen) atoms. The summed E-state index contributed by atoms with van der Waals surface area (Å²) >= 11 is 5.75. The fraction of sp³-hybridized carbons (Fsp3) is 0.118. The summed E-state index contributed by atoms with van der Waals surface area (Å²) in [5, 5.41) is 9.57. The number of hydrogen-bond donors (Lipinski definition) is 1. The van der Waals surface area contributed by atoms with Crippen molar-refractivity contribution in [3.05, 3.63) is 70.4 Å². The van der Waals surface area contributed by atoms with E-state index in [0.717, 1.165) is 10.5 Å². The van der Waals surface area contributed by atoms with Gasteiger partial charge in [0.15, 0.2) is 11.5 Å². The van der Waals surface area contributed by atoms with Crippen LogP contribution in [0.5, 0.6) is 0 Å². The Bertz CT molecular complexity index is 1010. The highest BCUT2D eigenvalue weighted by atomic mass is 35.5. The average Bonchev–Trinajstić information content (AvgIpc) is 3.00. The Balaban J connectivity index is 1.74. The number of aromatic nitrogens is 3. The van der Waals surface area contributed by atoms with Crippen LogP contribution in [0.25, 0.3) is 11.7 Å². The molecule has 1 amide bonds. The molecule has 5 nitrogen and oxygen atoms in total. The van der Waals surface area contributed by atoms with E-state index >= 15 is 0 Å². The lowest BCUT2D eigenvalue weighted by Crippen LogP contribution is -2.21. The zero-order valence-electron chi connectivity index (χ0n) is 13.5. The number of fused-ring (bicyclic) bond motifs is 1. The highest BCUT2D eigenvalue weighted by Crippen LogP contribution is 2.33. The van der Waals surface area contributed by atoms with Gasteiger partial charge in [-0.05, 0) is 29.8 Å². The van der Waals surface area contributed by atoms with E-state index in [9.17, 15) is 22.4 Å². The average molecular weight is 399 g/mol. The lowest BCUT2D eigenvalue weighted by Gasteiger charge is -2.09. The fourth-order valence-electron chi connectivity index (χ4n) is 2.31. The molecule has 0 saturated carbocycles. The highest BCUT2D eigenvalue weighted by molar-refractivity contribution is 6.30. The number of alkyl halides is 3. The SMILES string of the molecule is O=C(/C=C/c1ccc(F)cc1)NCc1nnc2c(C(F)(F)F)cc(Cl)cn12. The van der Waals surface area contributed by atoms with Gasteiger partial charge in [0, 0.05) is 12.3 Å². The molecule has 0 fully saturated rings. The van der Waals surface area contributed by atoms with Crippen molar-refractivity contribution in [2.45, 2.75) is 12.7 Å². The van der Waals surface area contributed by atoms with Gasteiger partial charge >= 0.3 is 6.18 Å². The van der Waals surface area contributed by atoms with Crippen LogP contribution in [-0.4, -0.2) is 20.5 Å². The molecule has 0 aliphatic rings. The van der Waals surface area contributed by atoms with Crippen molar-refractivity contribution in [1.29, 1.82) is 0 Å². The van der Waals surface area contributed by atoms with Crippen molar-refractivity contribution in [2.24, 2.45) is 0 Å². The van der Waals surface area contributed by atoms with Gasteiger partial charge in [-0.3, -0.25) is 9.20 Å². The number of benzene rings is 1. The zero-order chi connectivity index (χ0) is 19.6. The van der Waals surface area contributed by atoms with Crippen LogP contribution >= 0.6 is 11.6 Å². The van der Waals surface area contributed by atoms with E-state index in [-0.39, 0.29) is 17.4 Å². The van der Waals surface area contributed by atoms with E-state index in [1.807, 2.05) is 0 Å². The zero-order valence-corrected chi connectivity index (χ0v) is 14.2. The number of carbonyl (C=O) groups is 1. The molecule has 0 spiro atoms. The smallest absolute Gasteiger partial charge is 0.345 e. The topological polar surface area (TPSA) is 59.3 Å². The molecule has 3 aromatic rings. The van der Waals surface area contributed by atoms with Gasteiger partial charge in [-0.25, -0.2) is 4.39 Å². The number of carbonyl (C=O) groups excluding carboxylic acids is 1. The molecule has 0 atom stereocenters. The molecule has 0 radical (unpaired) electrons. The van der Waals surface area contributed by atoms with Crippen LogP contribution in [-0.2, 0) is 17.5 Å². The van der Waals surface area contributed by atoms with Crippen molar-refractivity contribution in [1.82, 2.24) is 19.9 Å². The summed E-state index contributed by atoms with van der Waals surface area (Å²) in [6, 6.07) is 6.25. The predicted molar refractivity (Wildman–Crippen MR) is 90.3 cm³/mol. The largest absolute Gasteiger partial charge is 0.420 e. The van der Waals surface area contributed by atoms with Gasteiger partial charge < -0.3 is 5.32 Å². The van der Waals surface area contributed by atoms with Gasteiger partial charge in [0.2, 0.25) is 5.91 Å². The number of nitrogens with zero attached hydrogens (tertiary/aromatic N) is 3. The molecule has 0 saturated heterocycles. The summed E-state index contributed by atoms with van der Waals surface area (Å²) in [6.07, 6.45) is -0.723. The molecule has 0 aliphatic heterocycles. The first kappa shape index (κ1) is 18.8.